The van der Waals surface area contributed by atoms with Crippen LogP contribution < -0.4 is 10.6 Å². The first-order valence-corrected chi connectivity index (χ1v) is 12.1. The summed E-state index contributed by atoms with van der Waals surface area (Å²) in [5, 5.41) is 7.63. The maximum Gasteiger partial charge on any atom is 0.228 e. The number of carbonyl (C=O) groups excluding carboxylic acids is 1. The molecule has 0 unspecified atom stereocenters. The minimum Gasteiger partial charge on any atom is -0.361 e. The molecule has 0 atom stereocenters. The second-order valence-corrected chi connectivity index (χ2v) is 10.0. The number of para-hydroxylation sites is 1. The van der Waals surface area contributed by atoms with Crippen molar-refractivity contribution in [2.24, 2.45) is 0 Å². The predicted octanol–water partition coefficient (Wildman–Crippen LogP) is 7.45. The van der Waals surface area contributed by atoms with E-state index in [1.54, 1.807) is 12.4 Å². The lowest BCUT2D eigenvalue weighted by molar-refractivity contribution is -0.115. The van der Waals surface area contributed by atoms with Crippen LogP contribution in [0.15, 0.2) is 97.5 Å². The van der Waals surface area contributed by atoms with Gasteiger partial charge in [-0.05, 0) is 58.5 Å². The molecule has 3 N–H and O–H groups in total. The summed E-state index contributed by atoms with van der Waals surface area (Å²) in [6.07, 6.45) is 5.76. The van der Waals surface area contributed by atoms with E-state index in [9.17, 15) is 4.79 Å². The first-order valence-electron chi connectivity index (χ1n) is 12.1. The number of H-pyrrole nitrogens is 1. The van der Waals surface area contributed by atoms with Gasteiger partial charge in [0.05, 0.1) is 18.3 Å². The lowest BCUT2D eigenvalue weighted by Gasteiger charge is -2.20. The van der Waals surface area contributed by atoms with Crippen molar-refractivity contribution in [1.82, 2.24) is 9.97 Å². The molecule has 0 aliphatic rings. The van der Waals surface area contributed by atoms with Crippen molar-refractivity contribution in [3.63, 3.8) is 0 Å². The molecule has 3 aromatic carbocycles. The van der Waals surface area contributed by atoms with E-state index in [0.717, 1.165) is 44.7 Å². The lowest BCUT2D eigenvalue weighted by Crippen LogP contribution is -2.14. The van der Waals surface area contributed by atoms with Gasteiger partial charge in [0.1, 0.15) is 0 Å². The molecule has 0 aliphatic heterocycles. The van der Waals surface area contributed by atoms with Crippen molar-refractivity contribution >= 4 is 33.9 Å². The number of rotatable bonds is 6. The Hall–Kier alpha value is -4.38. The fourth-order valence-corrected chi connectivity index (χ4v) is 4.37. The summed E-state index contributed by atoms with van der Waals surface area (Å²) in [7, 11) is 0. The van der Waals surface area contributed by atoms with Crippen LogP contribution in [-0.2, 0) is 16.6 Å². The van der Waals surface area contributed by atoms with Gasteiger partial charge in [-0.25, -0.2) is 0 Å². The van der Waals surface area contributed by atoms with E-state index in [1.165, 1.54) is 5.56 Å². The number of carbonyl (C=O) groups is 1. The topological polar surface area (TPSA) is 69.8 Å². The Morgan fingerprint density at radius 2 is 1.72 bits per heavy atom. The quantitative estimate of drug-likeness (QED) is 0.239. The summed E-state index contributed by atoms with van der Waals surface area (Å²) in [5.41, 5.74) is 8.05. The molecule has 0 saturated heterocycles. The van der Waals surface area contributed by atoms with E-state index in [0.29, 0.717) is 6.42 Å². The summed E-state index contributed by atoms with van der Waals surface area (Å²) in [4.78, 5) is 20.4. The number of nitrogens with zero attached hydrogens (tertiary/aromatic N) is 1. The van der Waals surface area contributed by atoms with Gasteiger partial charge in [0.15, 0.2) is 0 Å². The molecule has 2 heterocycles. The molecule has 180 valence electrons. The van der Waals surface area contributed by atoms with E-state index >= 15 is 0 Å². The highest BCUT2D eigenvalue weighted by Gasteiger charge is 2.15. The highest BCUT2D eigenvalue weighted by Crippen LogP contribution is 2.34. The standard InChI is InChI=1S/C31H30N4O/c1-31(2,3)23-12-10-21(11-13-23)27-18-24(14-15-29(27)34-25-7-6-16-32-20-25)35-30(36)17-22-19-33-28-9-5-4-8-26(22)28/h4-16,18-20,33-34H,17H2,1-3H3,(H,35,36). The molecular formula is C31H30N4O. The number of amides is 1. The molecule has 2 aromatic heterocycles. The van der Waals surface area contributed by atoms with Crippen LogP contribution in [0.1, 0.15) is 31.9 Å². The second kappa shape index (κ2) is 9.70. The van der Waals surface area contributed by atoms with Crippen molar-refractivity contribution in [3.05, 3.63) is 109 Å². The normalized spacial score (nSPS) is 11.4. The number of hydrogen-bond donors (Lipinski definition) is 3. The minimum atomic E-state index is -0.0539. The molecule has 1 amide bonds. The van der Waals surface area contributed by atoms with Gasteiger partial charge in [-0.2, -0.15) is 0 Å². The number of fused-ring (bicyclic) bond motifs is 1. The number of pyridine rings is 1. The van der Waals surface area contributed by atoms with Crippen molar-refractivity contribution in [2.45, 2.75) is 32.6 Å². The van der Waals surface area contributed by atoms with Crippen LogP contribution >= 0.6 is 0 Å². The van der Waals surface area contributed by atoms with Crippen LogP contribution in [0.4, 0.5) is 17.1 Å². The van der Waals surface area contributed by atoms with E-state index in [2.05, 4.69) is 65.6 Å². The average molecular weight is 475 g/mol. The zero-order valence-electron chi connectivity index (χ0n) is 20.8. The molecule has 0 bridgehead atoms. The average Bonchev–Trinajstić information content (AvgIpc) is 3.28. The van der Waals surface area contributed by atoms with Gasteiger partial charge in [0.2, 0.25) is 5.91 Å². The number of aromatic nitrogens is 2. The lowest BCUT2D eigenvalue weighted by atomic mass is 9.86. The van der Waals surface area contributed by atoms with Crippen LogP contribution in [0.5, 0.6) is 0 Å². The van der Waals surface area contributed by atoms with Crippen LogP contribution in [-0.4, -0.2) is 15.9 Å². The number of hydrogen-bond acceptors (Lipinski definition) is 3. The van der Waals surface area contributed by atoms with Gasteiger partial charge in [-0.1, -0.05) is 63.2 Å². The Morgan fingerprint density at radius 3 is 2.47 bits per heavy atom. The number of benzene rings is 3. The number of aromatic amines is 1. The smallest absolute Gasteiger partial charge is 0.228 e. The Labute approximate surface area is 211 Å². The fourth-order valence-electron chi connectivity index (χ4n) is 4.37. The van der Waals surface area contributed by atoms with Gasteiger partial charge >= 0.3 is 0 Å². The maximum atomic E-state index is 13.0. The molecule has 5 heteroatoms. The number of anilines is 3. The Bertz CT molecular complexity index is 1500. The van der Waals surface area contributed by atoms with Gasteiger partial charge < -0.3 is 15.6 Å². The van der Waals surface area contributed by atoms with E-state index in [-0.39, 0.29) is 11.3 Å². The fraction of sp³-hybridized carbons (Fsp3) is 0.161. The molecule has 0 fully saturated rings. The molecule has 0 radical (unpaired) electrons. The van der Waals surface area contributed by atoms with E-state index < -0.39 is 0 Å². The molecule has 0 spiro atoms. The summed E-state index contributed by atoms with van der Waals surface area (Å²) in [6.45, 7) is 6.63. The Morgan fingerprint density at radius 1 is 0.917 bits per heavy atom. The van der Waals surface area contributed by atoms with Gasteiger partial charge in [0, 0.05) is 40.2 Å². The van der Waals surface area contributed by atoms with Crippen LogP contribution in [0.3, 0.4) is 0 Å². The first kappa shape index (κ1) is 23.4. The Kier molecular flexibility index (Phi) is 6.30. The van der Waals surface area contributed by atoms with Crippen LogP contribution in [0.2, 0.25) is 0 Å². The minimum absolute atomic E-state index is 0.0539. The third-order valence-electron chi connectivity index (χ3n) is 6.33. The van der Waals surface area contributed by atoms with Crippen LogP contribution in [0, 0.1) is 0 Å². The Balaban J connectivity index is 1.43. The highest BCUT2D eigenvalue weighted by atomic mass is 16.1. The molecule has 5 rings (SSSR count). The molecule has 0 saturated carbocycles. The zero-order chi connectivity index (χ0) is 25.1. The summed E-state index contributed by atoms with van der Waals surface area (Å²) in [6, 6.07) is 26.5. The van der Waals surface area contributed by atoms with Crippen molar-refractivity contribution in [1.29, 1.82) is 0 Å². The van der Waals surface area contributed by atoms with Gasteiger partial charge in [-0.15, -0.1) is 0 Å². The summed E-state index contributed by atoms with van der Waals surface area (Å²) >= 11 is 0. The molecule has 0 aliphatic carbocycles. The third-order valence-corrected chi connectivity index (χ3v) is 6.33. The zero-order valence-corrected chi connectivity index (χ0v) is 20.8. The van der Waals surface area contributed by atoms with Crippen molar-refractivity contribution in [2.75, 3.05) is 10.6 Å². The van der Waals surface area contributed by atoms with Crippen LogP contribution in [0.25, 0.3) is 22.0 Å². The summed E-state index contributed by atoms with van der Waals surface area (Å²) < 4.78 is 0. The van der Waals surface area contributed by atoms with E-state index in [1.807, 2.05) is 60.8 Å². The third kappa shape index (κ3) is 5.15. The highest BCUT2D eigenvalue weighted by molar-refractivity contribution is 5.97. The second-order valence-electron chi connectivity index (χ2n) is 10.0. The molecular weight excluding hydrogens is 444 g/mol. The van der Waals surface area contributed by atoms with Gasteiger partial charge in [-0.3, -0.25) is 9.78 Å². The molecule has 5 aromatic rings. The SMILES string of the molecule is CC(C)(C)c1ccc(-c2cc(NC(=O)Cc3c[nH]c4ccccc34)ccc2Nc2cccnc2)cc1. The largest absolute Gasteiger partial charge is 0.361 e. The molecule has 5 nitrogen and oxygen atoms in total. The monoisotopic (exact) mass is 474 g/mol. The van der Waals surface area contributed by atoms with Crippen molar-refractivity contribution < 1.29 is 4.79 Å². The van der Waals surface area contributed by atoms with Crippen molar-refractivity contribution in [3.8, 4) is 11.1 Å². The first-order chi connectivity index (χ1) is 17.4. The van der Waals surface area contributed by atoms with Gasteiger partial charge in [0.25, 0.3) is 0 Å². The maximum absolute atomic E-state index is 13.0. The summed E-state index contributed by atoms with van der Waals surface area (Å²) in [5.74, 6) is -0.0539. The molecule has 36 heavy (non-hydrogen) atoms. The predicted molar refractivity (Wildman–Crippen MR) is 149 cm³/mol. The number of nitrogens with one attached hydrogen (secondary N) is 3. The van der Waals surface area contributed by atoms with E-state index in [4.69, 9.17) is 0 Å².